The molecule has 17 heavy (non-hydrogen) atoms. The predicted molar refractivity (Wildman–Crippen MR) is 67.0 cm³/mol. The van der Waals surface area contributed by atoms with Crippen LogP contribution in [-0.4, -0.2) is 10.9 Å². The zero-order valence-corrected chi connectivity index (χ0v) is 9.63. The monoisotopic (exact) mass is 226 g/mol. The molecule has 2 aromatic carbocycles. The first-order valence-electron chi connectivity index (χ1n) is 5.56. The molecular weight excluding hydrogens is 212 g/mol. The fraction of sp³-hybridized carbons (Fsp3) is 0.133. The molecule has 86 valence electrons. The van der Waals surface area contributed by atoms with Gasteiger partial charge in [-0.25, -0.2) is 0 Å². The summed E-state index contributed by atoms with van der Waals surface area (Å²) in [6, 6.07) is 16.2. The van der Waals surface area contributed by atoms with Gasteiger partial charge in [0.1, 0.15) is 0 Å². The Kier molecular flexibility index (Phi) is 3.35. The number of hydrogen-bond donors (Lipinski definition) is 1. The molecule has 0 fully saturated rings. The molecule has 0 aliphatic carbocycles. The Hall–Kier alpha value is -1.93. The van der Waals surface area contributed by atoms with Crippen molar-refractivity contribution in [1.82, 2.24) is 0 Å². The summed E-state index contributed by atoms with van der Waals surface area (Å²) in [5.74, 6) is 0.00254. The van der Waals surface area contributed by atoms with Gasteiger partial charge in [-0.2, -0.15) is 0 Å². The van der Waals surface area contributed by atoms with Crippen molar-refractivity contribution in [3.05, 3.63) is 71.3 Å². The largest absolute Gasteiger partial charge is 0.389 e. The maximum absolute atomic E-state index is 12.1. The zero-order valence-electron chi connectivity index (χ0n) is 9.63. The Balaban J connectivity index is 2.27. The minimum Gasteiger partial charge on any atom is -0.389 e. The molecule has 1 unspecified atom stereocenters. The van der Waals surface area contributed by atoms with E-state index in [1.165, 1.54) is 0 Å². The first-order valence-corrected chi connectivity index (χ1v) is 5.56. The van der Waals surface area contributed by atoms with E-state index in [-0.39, 0.29) is 5.78 Å². The van der Waals surface area contributed by atoms with Gasteiger partial charge in [0.05, 0.1) is 6.10 Å². The van der Waals surface area contributed by atoms with E-state index in [9.17, 15) is 9.90 Å². The zero-order chi connectivity index (χ0) is 12.3. The van der Waals surface area contributed by atoms with Gasteiger partial charge in [0.25, 0.3) is 0 Å². The maximum Gasteiger partial charge on any atom is 0.193 e. The van der Waals surface area contributed by atoms with Gasteiger partial charge in [0.2, 0.25) is 0 Å². The second kappa shape index (κ2) is 4.93. The van der Waals surface area contributed by atoms with Crippen LogP contribution >= 0.6 is 0 Å². The summed E-state index contributed by atoms with van der Waals surface area (Å²) in [6.07, 6.45) is -0.504. The van der Waals surface area contributed by atoms with Crippen LogP contribution in [0.25, 0.3) is 0 Å². The predicted octanol–water partition coefficient (Wildman–Crippen LogP) is 2.97. The summed E-state index contributed by atoms with van der Waals surface area (Å²) in [4.78, 5) is 12.1. The van der Waals surface area contributed by atoms with Crippen LogP contribution in [0, 0.1) is 0 Å². The lowest BCUT2D eigenvalue weighted by Gasteiger charge is -2.05. The normalized spacial score (nSPS) is 12.1. The van der Waals surface area contributed by atoms with Crippen LogP contribution in [0.2, 0.25) is 0 Å². The van der Waals surface area contributed by atoms with E-state index in [1.807, 2.05) is 18.2 Å². The highest BCUT2D eigenvalue weighted by atomic mass is 16.3. The van der Waals surface area contributed by atoms with E-state index in [4.69, 9.17) is 0 Å². The average molecular weight is 226 g/mol. The van der Waals surface area contributed by atoms with Crippen molar-refractivity contribution in [3.63, 3.8) is 0 Å². The molecule has 0 radical (unpaired) electrons. The molecule has 2 nitrogen and oxygen atoms in total. The third-order valence-corrected chi connectivity index (χ3v) is 2.69. The SMILES string of the molecule is CC(O)c1ccc(C(=O)c2ccccc2)cc1. The quantitative estimate of drug-likeness (QED) is 0.817. The molecule has 0 aliphatic rings. The molecule has 1 atom stereocenters. The van der Waals surface area contributed by atoms with Gasteiger partial charge in [-0.05, 0) is 12.5 Å². The Morgan fingerprint density at radius 2 is 1.47 bits per heavy atom. The number of aliphatic hydroxyl groups excluding tert-OH is 1. The van der Waals surface area contributed by atoms with Crippen molar-refractivity contribution in [2.75, 3.05) is 0 Å². The van der Waals surface area contributed by atoms with E-state index in [2.05, 4.69) is 0 Å². The van der Waals surface area contributed by atoms with Crippen molar-refractivity contribution in [2.24, 2.45) is 0 Å². The molecule has 1 N–H and O–H groups in total. The highest BCUT2D eigenvalue weighted by molar-refractivity contribution is 6.08. The van der Waals surface area contributed by atoms with Gasteiger partial charge in [0, 0.05) is 11.1 Å². The lowest BCUT2D eigenvalue weighted by Crippen LogP contribution is -2.01. The van der Waals surface area contributed by atoms with Crippen LogP contribution in [0.15, 0.2) is 54.6 Å². The molecule has 0 heterocycles. The van der Waals surface area contributed by atoms with Crippen molar-refractivity contribution in [3.8, 4) is 0 Å². The molecule has 2 heteroatoms. The highest BCUT2D eigenvalue weighted by Gasteiger charge is 2.08. The molecule has 2 rings (SSSR count). The van der Waals surface area contributed by atoms with Gasteiger partial charge in [-0.15, -0.1) is 0 Å². The first kappa shape index (κ1) is 11.6. The van der Waals surface area contributed by atoms with Crippen molar-refractivity contribution in [1.29, 1.82) is 0 Å². The van der Waals surface area contributed by atoms with Crippen LogP contribution in [0.4, 0.5) is 0 Å². The Labute approximate surface area is 101 Å². The average Bonchev–Trinajstić information content (AvgIpc) is 2.39. The van der Waals surface area contributed by atoms with Gasteiger partial charge in [-0.1, -0.05) is 54.6 Å². The molecule has 0 saturated heterocycles. The second-order valence-electron chi connectivity index (χ2n) is 3.99. The molecule has 2 aromatic rings. The highest BCUT2D eigenvalue weighted by Crippen LogP contribution is 2.15. The summed E-state index contributed by atoms with van der Waals surface area (Å²) in [5.41, 5.74) is 2.13. The summed E-state index contributed by atoms with van der Waals surface area (Å²) >= 11 is 0. The second-order valence-corrected chi connectivity index (χ2v) is 3.99. The van der Waals surface area contributed by atoms with Crippen LogP contribution < -0.4 is 0 Å². The maximum atomic E-state index is 12.1. The van der Waals surface area contributed by atoms with E-state index < -0.39 is 6.10 Å². The summed E-state index contributed by atoms with van der Waals surface area (Å²) < 4.78 is 0. The van der Waals surface area contributed by atoms with Crippen LogP contribution in [-0.2, 0) is 0 Å². The number of rotatable bonds is 3. The van der Waals surface area contributed by atoms with Gasteiger partial charge in [0.15, 0.2) is 5.78 Å². The summed E-state index contributed by atoms with van der Waals surface area (Å²) in [6.45, 7) is 1.70. The Morgan fingerprint density at radius 1 is 0.941 bits per heavy atom. The number of carbonyl (C=O) groups is 1. The number of carbonyl (C=O) groups excluding carboxylic acids is 1. The molecule has 0 aromatic heterocycles. The van der Waals surface area contributed by atoms with Gasteiger partial charge < -0.3 is 5.11 Å². The van der Waals surface area contributed by atoms with E-state index in [0.717, 1.165) is 5.56 Å². The summed E-state index contributed by atoms with van der Waals surface area (Å²) in [7, 11) is 0. The molecule has 0 bridgehead atoms. The third kappa shape index (κ3) is 2.60. The van der Waals surface area contributed by atoms with Crippen molar-refractivity contribution in [2.45, 2.75) is 13.0 Å². The standard InChI is InChI=1S/C15H14O2/c1-11(16)12-7-9-14(10-8-12)15(17)13-5-3-2-4-6-13/h2-11,16H,1H3. The first-order chi connectivity index (χ1) is 8.18. The van der Waals surface area contributed by atoms with Crippen LogP contribution in [0.3, 0.4) is 0 Å². The minimum atomic E-state index is -0.504. The van der Waals surface area contributed by atoms with Crippen molar-refractivity contribution >= 4 is 5.78 Å². The third-order valence-electron chi connectivity index (χ3n) is 2.69. The molecule has 0 aliphatic heterocycles. The summed E-state index contributed by atoms with van der Waals surface area (Å²) in [5, 5.41) is 9.39. The van der Waals surface area contributed by atoms with Gasteiger partial charge >= 0.3 is 0 Å². The Morgan fingerprint density at radius 3 is 2.00 bits per heavy atom. The fourth-order valence-corrected chi connectivity index (χ4v) is 1.67. The smallest absolute Gasteiger partial charge is 0.193 e. The van der Waals surface area contributed by atoms with E-state index in [0.29, 0.717) is 11.1 Å². The minimum absolute atomic E-state index is 0.00254. The van der Waals surface area contributed by atoms with E-state index in [1.54, 1.807) is 43.3 Å². The lowest BCUT2D eigenvalue weighted by atomic mass is 10.0. The van der Waals surface area contributed by atoms with Crippen LogP contribution in [0.5, 0.6) is 0 Å². The topological polar surface area (TPSA) is 37.3 Å². The number of ketones is 1. The van der Waals surface area contributed by atoms with Gasteiger partial charge in [-0.3, -0.25) is 4.79 Å². The Bertz CT molecular complexity index is 498. The van der Waals surface area contributed by atoms with E-state index >= 15 is 0 Å². The number of hydrogen-bond acceptors (Lipinski definition) is 2. The number of benzene rings is 2. The lowest BCUT2D eigenvalue weighted by molar-refractivity contribution is 0.103. The molecule has 0 spiro atoms. The molecule has 0 amide bonds. The number of aliphatic hydroxyl groups is 1. The molecular formula is C15H14O2. The van der Waals surface area contributed by atoms with Crippen LogP contribution in [0.1, 0.15) is 34.5 Å². The fourth-order valence-electron chi connectivity index (χ4n) is 1.67. The molecule has 0 saturated carbocycles. The van der Waals surface area contributed by atoms with Crippen molar-refractivity contribution < 1.29 is 9.90 Å².